The number of fused-ring (bicyclic) bond motifs is 1. The molecule has 8 nitrogen and oxygen atoms in total. The number of ether oxygens (including phenoxy) is 2. The summed E-state index contributed by atoms with van der Waals surface area (Å²) < 4.78 is 14.4. The fourth-order valence-corrected chi connectivity index (χ4v) is 6.99. The summed E-state index contributed by atoms with van der Waals surface area (Å²) in [7, 11) is 3.12. The van der Waals surface area contributed by atoms with E-state index >= 15 is 0 Å². The highest BCUT2D eigenvalue weighted by Gasteiger charge is 2.36. The molecule has 1 amide bonds. The van der Waals surface area contributed by atoms with Crippen molar-refractivity contribution in [1.82, 2.24) is 9.47 Å². The number of hydrogen-bond donors (Lipinski definition) is 1. The van der Waals surface area contributed by atoms with Gasteiger partial charge in [0.05, 0.1) is 38.1 Å². The van der Waals surface area contributed by atoms with E-state index in [1.807, 2.05) is 36.4 Å². The summed E-state index contributed by atoms with van der Waals surface area (Å²) in [4.78, 5) is 34.7. The van der Waals surface area contributed by atoms with Crippen molar-refractivity contribution >= 4 is 61.8 Å². The molecule has 3 aromatic rings. The van der Waals surface area contributed by atoms with Crippen molar-refractivity contribution in [1.29, 1.82) is 0 Å². The van der Waals surface area contributed by atoms with Crippen LogP contribution >= 0.6 is 49.9 Å². The largest absolute Gasteiger partial charge is 0.506 e. The van der Waals surface area contributed by atoms with E-state index in [4.69, 9.17) is 14.5 Å². The number of phenolic OH excluding ortho intramolecular Hbond substituents is 1. The van der Waals surface area contributed by atoms with Crippen LogP contribution in [0.25, 0.3) is 6.08 Å². The molecule has 1 atom stereocenters. The summed E-state index contributed by atoms with van der Waals surface area (Å²) in [6, 6.07) is 8.13. The van der Waals surface area contributed by atoms with Crippen molar-refractivity contribution < 1.29 is 19.4 Å². The maximum absolute atomic E-state index is 14.0. The van der Waals surface area contributed by atoms with E-state index in [0.29, 0.717) is 58.8 Å². The number of carbonyl (C=O) groups excluding carboxylic acids is 1. The topological polar surface area (TPSA) is 93.4 Å². The molecule has 1 aromatic heterocycles. The van der Waals surface area contributed by atoms with Gasteiger partial charge in [-0.2, -0.15) is 0 Å². The van der Waals surface area contributed by atoms with Crippen LogP contribution in [0, 0.1) is 3.57 Å². The summed E-state index contributed by atoms with van der Waals surface area (Å²) in [5.74, 6) is 1.07. The second-order valence-electron chi connectivity index (χ2n) is 8.50. The Balaban J connectivity index is 2.03. The van der Waals surface area contributed by atoms with Crippen molar-refractivity contribution in [2.45, 2.75) is 26.8 Å². The lowest BCUT2D eigenvalue weighted by atomic mass is 9.93. The van der Waals surface area contributed by atoms with Crippen LogP contribution in [0.15, 0.2) is 55.9 Å². The second kappa shape index (κ2) is 11.6. The molecule has 2 heterocycles. The molecule has 4 rings (SSSR count). The third kappa shape index (κ3) is 5.15. The lowest BCUT2D eigenvalue weighted by Gasteiger charge is -2.30. The van der Waals surface area contributed by atoms with E-state index in [-0.39, 0.29) is 17.2 Å². The van der Waals surface area contributed by atoms with Gasteiger partial charge in [-0.25, -0.2) is 4.99 Å². The molecule has 0 unspecified atom stereocenters. The normalized spacial score (nSPS) is 15.2. The van der Waals surface area contributed by atoms with Gasteiger partial charge in [0.25, 0.3) is 11.5 Å². The number of nitrogens with zero attached hydrogens (tertiary/aromatic N) is 3. The Labute approximate surface area is 246 Å². The molecule has 0 saturated carbocycles. The molecule has 11 heteroatoms. The number of thiazole rings is 1. The number of phenols is 1. The fraction of sp³-hybridized carbons (Fsp3) is 0.296. The Hall–Kier alpha value is -2.64. The van der Waals surface area contributed by atoms with E-state index in [1.165, 1.54) is 11.3 Å². The van der Waals surface area contributed by atoms with Crippen LogP contribution in [-0.2, 0) is 4.79 Å². The Bertz CT molecular complexity index is 1600. The van der Waals surface area contributed by atoms with E-state index in [0.717, 1.165) is 5.56 Å². The van der Waals surface area contributed by atoms with Gasteiger partial charge in [-0.1, -0.05) is 11.3 Å². The number of aromatic hydroxyl groups is 1. The minimum atomic E-state index is -0.766. The lowest BCUT2D eigenvalue weighted by molar-refractivity contribution is -0.127. The molecule has 2 aromatic carbocycles. The molecule has 0 saturated heterocycles. The maximum atomic E-state index is 14.0. The van der Waals surface area contributed by atoms with Gasteiger partial charge in [-0.05, 0) is 101 Å². The first kappa shape index (κ1) is 28.4. The second-order valence-corrected chi connectivity index (χ2v) is 11.5. The van der Waals surface area contributed by atoms with E-state index < -0.39 is 6.04 Å². The van der Waals surface area contributed by atoms with Crippen molar-refractivity contribution in [3.63, 3.8) is 0 Å². The monoisotopic (exact) mass is 711 g/mol. The Morgan fingerprint density at radius 1 is 1.24 bits per heavy atom. The highest BCUT2D eigenvalue weighted by atomic mass is 127. The number of carbonyl (C=O) groups is 1. The zero-order chi connectivity index (χ0) is 27.7. The van der Waals surface area contributed by atoms with Crippen LogP contribution in [0.3, 0.4) is 0 Å². The van der Waals surface area contributed by atoms with Crippen LogP contribution in [0.2, 0.25) is 0 Å². The molecular weight excluding hydrogens is 685 g/mol. The Morgan fingerprint density at radius 3 is 2.55 bits per heavy atom. The van der Waals surface area contributed by atoms with Crippen LogP contribution in [0.4, 0.5) is 0 Å². The van der Waals surface area contributed by atoms with Gasteiger partial charge >= 0.3 is 0 Å². The first-order valence-corrected chi connectivity index (χ1v) is 14.6. The fourth-order valence-electron chi connectivity index (χ4n) is 4.44. The summed E-state index contributed by atoms with van der Waals surface area (Å²) in [6.07, 6.45) is 1.77. The number of benzene rings is 2. The third-order valence-corrected chi connectivity index (χ3v) is 8.78. The number of likely N-dealkylation sites (N-methyl/N-ethyl adjacent to an activating group) is 1. The maximum Gasteiger partial charge on any atom is 0.271 e. The van der Waals surface area contributed by atoms with Crippen molar-refractivity contribution in [3.05, 3.63) is 80.5 Å². The standard InChI is InChI=1S/C27H27BrIN3O5S/c1-6-31(7-2)26(35)22-14(3)30-27-32(23(22)17-13-16(36-4)8-9-20(17)37-5)25(34)21(38-27)12-15-10-18(28)24(33)19(29)11-15/h8-13,23,33H,6-7H2,1-5H3/b21-12+/t23-/m1/s1. The van der Waals surface area contributed by atoms with Crippen LogP contribution < -0.4 is 24.4 Å². The molecule has 0 spiro atoms. The van der Waals surface area contributed by atoms with Crippen LogP contribution in [0.5, 0.6) is 17.2 Å². The van der Waals surface area contributed by atoms with Gasteiger partial charge in [0.2, 0.25) is 0 Å². The summed E-state index contributed by atoms with van der Waals surface area (Å²) in [6.45, 7) is 6.68. The highest BCUT2D eigenvalue weighted by molar-refractivity contribution is 14.1. The van der Waals surface area contributed by atoms with Gasteiger partial charge in [0.15, 0.2) is 4.80 Å². The van der Waals surface area contributed by atoms with Gasteiger partial charge in [-0.15, -0.1) is 0 Å². The third-order valence-electron chi connectivity index (χ3n) is 6.37. The van der Waals surface area contributed by atoms with E-state index in [1.54, 1.807) is 67.0 Å². The van der Waals surface area contributed by atoms with Crippen LogP contribution in [-0.4, -0.2) is 47.8 Å². The smallest absolute Gasteiger partial charge is 0.271 e. The molecule has 1 aliphatic heterocycles. The number of allylic oxidation sites excluding steroid dienone is 1. The Kier molecular flexibility index (Phi) is 8.68. The lowest BCUT2D eigenvalue weighted by Crippen LogP contribution is -2.43. The van der Waals surface area contributed by atoms with Gasteiger partial charge in [-0.3, -0.25) is 14.2 Å². The average molecular weight is 712 g/mol. The molecule has 1 aliphatic rings. The molecule has 200 valence electrons. The van der Waals surface area contributed by atoms with E-state index in [9.17, 15) is 14.7 Å². The van der Waals surface area contributed by atoms with Gasteiger partial charge < -0.3 is 19.5 Å². The van der Waals surface area contributed by atoms with Crippen molar-refractivity contribution in [2.24, 2.45) is 4.99 Å². The number of methoxy groups -OCH3 is 2. The van der Waals surface area contributed by atoms with E-state index in [2.05, 4.69) is 15.9 Å². The molecule has 1 N–H and O–H groups in total. The Morgan fingerprint density at radius 2 is 1.95 bits per heavy atom. The van der Waals surface area contributed by atoms with Crippen LogP contribution in [0.1, 0.15) is 37.9 Å². The predicted octanol–water partition coefficient (Wildman–Crippen LogP) is 4.19. The quantitative estimate of drug-likeness (QED) is 0.372. The molecule has 0 bridgehead atoms. The number of halogens is 2. The predicted molar refractivity (Wildman–Crippen MR) is 160 cm³/mol. The zero-order valence-corrected chi connectivity index (χ0v) is 26.1. The summed E-state index contributed by atoms with van der Waals surface area (Å²) in [5, 5.41) is 10.1. The first-order chi connectivity index (χ1) is 18.1. The number of aromatic nitrogens is 1. The van der Waals surface area contributed by atoms with Gasteiger partial charge in [0.1, 0.15) is 23.3 Å². The molecule has 0 fully saturated rings. The molecular formula is C27H27BrIN3O5S. The number of rotatable bonds is 7. The van der Waals surface area contributed by atoms with Gasteiger partial charge in [0, 0.05) is 18.7 Å². The number of hydrogen-bond acceptors (Lipinski definition) is 7. The van der Waals surface area contributed by atoms with Crippen molar-refractivity contribution in [2.75, 3.05) is 27.3 Å². The minimum Gasteiger partial charge on any atom is -0.506 e. The summed E-state index contributed by atoms with van der Waals surface area (Å²) in [5.41, 5.74) is 2.06. The first-order valence-electron chi connectivity index (χ1n) is 11.9. The SMILES string of the molecule is CCN(CC)C(=O)C1=C(C)N=c2s/c(=C/c3cc(Br)c(O)c(I)c3)c(=O)n2[C@@H]1c1cc(OC)ccc1OC. The molecule has 0 radical (unpaired) electrons. The summed E-state index contributed by atoms with van der Waals surface area (Å²) >= 11 is 6.66. The zero-order valence-electron chi connectivity index (χ0n) is 21.5. The molecule has 38 heavy (non-hydrogen) atoms. The minimum absolute atomic E-state index is 0.143. The number of amides is 1. The molecule has 0 aliphatic carbocycles. The highest BCUT2D eigenvalue weighted by Crippen LogP contribution is 2.38. The average Bonchev–Trinajstić information content (AvgIpc) is 3.20. The van der Waals surface area contributed by atoms with Crippen molar-refractivity contribution in [3.8, 4) is 17.2 Å².